The maximum Gasteiger partial charge on any atom is 0.255 e. The van der Waals surface area contributed by atoms with E-state index in [0.717, 1.165) is 5.69 Å². The summed E-state index contributed by atoms with van der Waals surface area (Å²) in [7, 11) is 0. The monoisotopic (exact) mass is 299 g/mol. The van der Waals surface area contributed by atoms with E-state index < -0.39 is 5.67 Å². The van der Waals surface area contributed by atoms with Crippen molar-refractivity contribution in [3.05, 3.63) is 59.7 Å². The molecule has 0 N–H and O–H groups in total. The van der Waals surface area contributed by atoms with Gasteiger partial charge in [0.1, 0.15) is 0 Å². The Morgan fingerprint density at radius 2 is 1.95 bits per heavy atom. The van der Waals surface area contributed by atoms with Gasteiger partial charge in [-0.2, -0.15) is 0 Å². The molecule has 3 rings (SSSR count). The van der Waals surface area contributed by atoms with Gasteiger partial charge in [-0.25, -0.2) is 4.39 Å². The van der Waals surface area contributed by atoms with Gasteiger partial charge in [0, 0.05) is 44.0 Å². The summed E-state index contributed by atoms with van der Waals surface area (Å²) in [5.74, 6) is -0.0874. The number of carbonyl (C=O) groups is 1. The number of pyridine rings is 2. The summed E-state index contributed by atoms with van der Waals surface area (Å²) in [6, 6.07) is 8.85. The highest BCUT2D eigenvalue weighted by Crippen LogP contribution is 2.35. The fourth-order valence-electron chi connectivity index (χ4n) is 2.73. The smallest absolute Gasteiger partial charge is 0.255 e. The van der Waals surface area contributed by atoms with Gasteiger partial charge in [-0.15, -0.1) is 0 Å². The lowest BCUT2D eigenvalue weighted by molar-refractivity contribution is 0.0402. The van der Waals surface area contributed by atoms with Gasteiger partial charge in [0.25, 0.3) is 5.91 Å². The molecule has 5 heteroatoms. The van der Waals surface area contributed by atoms with Gasteiger partial charge in [-0.05, 0) is 31.2 Å². The second-order valence-corrected chi connectivity index (χ2v) is 5.66. The van der Waals surface area contributed by atoms with Crippen LogP contribution in [0.2, 0.25) is 0 Å². The van der Waals surface area contributed by atoms with E-state index in [4.69, 9.17) is 0 Å². The van der Waals surface area contributed by atoms with Crippen LogP contribution in [0.15, 0.2) is 42.7 Å². The molecule has 22 heavy (non-hydrogen) atoms. The van der Waals surface area contributed by atoms with Crippen molar-refractivity contribution >= 4 is 5.91 Å². The molecule has 0 radical (unpaired) electrons. The average molecular weight is 299 g/mol. The number of aromatic nitrogens is 2. The van der Waals surface area contributed by atoms with Crippen molar-refractivity contribution in [3.8, 4) is 0 Å². The lowest BCUT2D eigenvalue weighted by atomic mass is 9.89. The number of nitrogens with zero attached hydrogens (tertiary/aromatic N) is 3. The van der Waals surface area contributed by atoms with Crippen LogP contribution in [0.3, 0.4) is 0 Å². The van der Waals surface area contributed by atoms with E-state index in [9.17, 15) is 9.18 Å². The first-order valence-corrected chi connectivity index (χ1v) is 7.41. The van der Waals surface area contributed by atoms with E-state index in [1.807, 2.05) is 13.0 Å². The van der Waals surface area contributed by atoms with Gasteiger partial charge < -0.3 is 4.90 Å². The second-order valence-electron chi connectivity index (χ2n) is 5.66. The number of hydrogen-bond donors (Lipinski definition) is 0. The third kappa shape index (κ3) is 2.84. The number of amides is 1. The standard InChI is InChI=1S/C17H18FN3O/c1-13-5-6-14(12-20-13)16(22)21-10-7-17(18,8-11-21)15-4-2-3-9-19-15/h2-6,9,12H,7-8,10-11H2,1H3. The largest absolute Gasteiger partial charge is 0.338 e. The van der Waals surface area contributed by atoms with Crippen molar-refractivity contribution in [1.82, 2.24) is 14.9 Å². The highest BCUT2D eigenvalue weighted by atomic mass is 19.1. The Morgan fingerprint density at radius 3 is 2.55 bits per heavy atom. The molecule has 1 amide bonds. The molecule has 0 unspecified atom stereocenters. The van der Waals surface area contributed by atoms with E-state index in [2.05, 4.69) is 9.97 Å². The van der Waals surface area contributed by atoms with Crippen LogP contribution in [0.5, 0.6) is 0 Å². The topological polar surface area (TPSA) is 46.1 Å². The molecule has 3 heterocycles. The predicted octanol–water partition coefficient (Wildman–Crippen LogP) is 2.89. The Kier molecular flexibility index (Phi) is 3.88. The molecule has 2 aromatic rings. The molecule has 0 aliphatic carbocycles. The molecule has 0 bridgehead atoms. The van der Waals surface area contributed by atoms with Crippen molar-refractivity contribution in [2.45, 2.75) is 25.4 Å². The first-order chi connectivity index (χ1) is 10.6. The molecule has 1 aliphatic heterocycles. The maximum atomic E-state index is 15.0. The Morgan fingerprint density at radius 1 is 1.18 bits per heavy atom. The quantitative estimate of drug-likeness (QED) is 0.856. The number of alkyl halides is 1. The van der Waals surface area contributed by atoms with Gasteiger partial charge in [-0.1, -0.05) is 6.07 Å². The third-order valence-electron chi connectivity index (χ3n) is 4.13. The summed E-state index contributed by atoms with van der Waals surface area (Å²) in [4.78, 5) is 22.4. The molecular formula is C17H18FN3O. The highest BCUT2D eigenvalue weighted by molar-refractivity contribution is 5.94. The molecule has 0 aromatic carbocycles. The van der Waals surface area contributed by atoms with Crippen LogP contribution in [0, 0.1) is 6.92 Å². The zero-order valence-electron chi connectivity index (χ0n) is 12.5. The number of halogens is 1. The minimum Gasteiger partial charge on any atom is -0.338 e. The molecule has 4 nitrogen and oxygen atoms in total. The van der Waals surface area contributed by atoms with Crippen LogP contribution in [-0.2, 0) is 5.67 Å². The summed E-state index contributed by atoms with van der Waals surface area (Å²) < 4.78 is 15.0. The molecule has 2 aromatic heterocycles. The minimum atomic E-state index is -1.44. The Bertz CT molecular complexity index is 649. The van der Waals surface area contributed by atoms with Crippen LogP contribution in [-0.4, -0.2) is 33.9 Å². The molecule has 1 saturated heterocycles. The molecule has 1 aliphatic rings. The number of hydrogen-bond acceptors (Lipinski definition) is 3. The lowest BCUT2D eigenvalue weighted by Crippen LogP contribution is -2.43. The molecule has 114 valence electrons. The zero-order chi connectivity index (χ0) is 15.6. The van der Waals surface area contributed by atoms with Crippen LogP contribution in [0.1, 0.15) is 34.6 Å². The number of carbonyl (C=O) groups excluding carboxylic acids is 1. The Balaban J connectivity index is 1.69. The van der Waals surface area contributed by atoms with Gasteiger partial charge in [0.15, 0.2) is 5.67 Å². The Hall–Kier alpha value is -2.30. The number of piperidine rings is 1. The van der Waals surface area contributed by atoms with Gasteiger partial charge in [0.2, 0.25) is 0 Å². The van der Waals surface area contributed by atoms with Crippen molar-refractivity contribution < 1.29 is 9.18 Å². The predicted molar refractivity (Wildman–Crippen MR) is 81.1 cm³/mol. The summed E-state index contributed by atoms with van der Waals surface area (Å²) >= 11 is 0. The van der Waals surface area contributed by atoms with E-state index in [1.165, 1.54) is 0 Å². The molecule has 1 fully saturated rings. The zero-order valence-corrected chi connectivity index (χ0v) is 12.5. The van der Waals surface area contributed by atoms with Crippen molar-refractivity contribution in [2.75, 3.05) is 13.1 Å². The molecule has 0 spiro atoms. The van der Waals surface area contributed by atoms with Crippen molar-refractivity contribution in [1.29, 1.82) is 0 Å². The van der Waals surface area contributed by atoms with E-state index >= 15 is 0 Å². The van der Waals surface area contributed by atoms with E-state index in [-0.39, 0.29) is 18.7 Å². The summed E-state index contributed by atoms with van der Waals surface area (Å²) in [5, 5.41) is 0. The van der Waals surface area contributed by atoms with Gasteiger partial charge >= 0.3 is 0 Å². The molecular weight excluding hydrogens is 281 g/mol. The van der Waals surface area contributed by atoms with Crippen LogP contribution < -0.4 is 0 Å². The fraction of sp³-hybridized carbons (Fsp3) is 0.353. The second kappa shape index (κ2) is 5.83. The maximum absolute atomic E-state index is 15.0. The SMILES string of the molecule is Cc1ccc(C(=O)N2CCC(F)(c3ccccn3)CC2)cn1. The fourth-order valence-corrected chi connectivity index (χ4v) is 2.73. The summed E-state index contributed by atoms with van der Waals surface area (Å²) in [5.41, 5.74) is 0.436. The average Bonchev–Trinajstić information content (AvgIpc) is 2.56. The van der Waals surface area contributed by atoms with Gasteiger partial charge in [0.05, 0.1) is 11.3 Å². The number of rotatable bonds is 2. The molecule has 0 atom stereocenters. The van der Waals surface area contributed by atoms with Crippen molar-refractivity contribution in [3.63, 3.8) is 0 Å². The van der Waals surface area contributed by atoms with Gasteiger partial charge in [-0.3, -0.25) is 14.8 Å². The van der Waals surface area contributed by atoms with E-state index in [1.54, 1.807) is 41.6 Å². The number of likely N-dealkylation sites (tertiary alicyclic amines) is 1. The lowest BCUT2D eigenvalue weighted by Gasteiger charge is -2.36. The van der Waals surface area contributed by atoms with Crippen LogP contribution in [0.4, 0.5) is 4.39 Å². The minimum absolute atomic E-state index is 0.0874. The first-order valence-electron chi connectivity index (χ1n) is 7.41. The van der Waals surface area contributed by atoms with Crippen LogP contribution >= 0.6 is 0 Å². The first kappa shape index (κ1) is 14.6. The van der Waals surface area contributed by atoms with Crippen molar-refractivity contribution in [2.24, 2.45) is 0 Å². The Labute approximate surface area is 129 Å². The molecule has 0 saturated carbocycles. The summed E-state index contributed by atoms with van der Waals surface area (Å²) in [6.45, 7) is 2.65. The highest BCUT2D eigenvalue weighted by Gasteiger charge is 2.38. The summed E-state index contributed by atoms with van der Waals surface area (Å²) in [6.07, 6.45) is 3.73. The normalized spacial score (nSPS) is 17.3. The van der Waals surface area contributed by atoms with E-state index in [0.29, 0.717) is 24.3 Å². The van der Waals surface area contributed by atoms with Crippen LogP contribution in [0.25, 0.3) is 0 Å². The third-order valence-corrected chi connectivity index (χ3v) is 4.13. The number of aryl methyl sites for hydroxylation is 1.